The molecule has 0 bridgehead atoms. The van der Waals surface area contributed by atoms with Gasteiger partial charge in [0.1, 0.15) is 5.69 Å². The number of hydrogen-bond acceptors (Lipinski definition) is 6. The number of nitro groups is 1. The Morgan fingerprint density at radius 1 is 1.14 bits per heavy atom. The van der Waals surface area contributed by atoms with E-state index in [1.807, 2.05) is 26.0 Å². The lowest BCUT2D eigenvalue weighted by Gasteiger charge is -2.26. The molecule has 1 aliphatic rings. The molecule has 0 saturated carbocycles. The van der Waals surface area contributed by atoms with E-state index < -0.39 is 14.9 Å². The van der Waals surface area contributed by atoms with E-state index in [-0.39, 0.29) is 23.7 Å². The Kier molecular flexibility index (Phi) is 6.21. The van der Waals surface area contributed by atoms with E-state index in [2.05, 4.69) is 6.07 Å². The first-order chi connectivity index (χ1) is 13.7. The number of sulfonamides is 1. The van der Waals surface area contributed by atoms with Crippen molar-refractivity contribution in [3.05, 3.63) is 63.2 Å². The molecule has 1 heterocycles. The van der Waals surface area contributed by atoms with Gasteiger partial charge in [0.2, 0.25) is 10.0 Å². The van der Waals surface area contributed by atoms with Gasteiger partial charge in [-0.1, -0.05) is 23.8 Å². The lowest BCUT2D eigenvalue weighted by Crippen LogP contribution is -2.40. The maximum atomic E-state index is 12.8. The third-order valence-electron chi connectivity index (χ3n) is 5.07. The molecular formula is C20H25N3O5S. The number of nitro benzene ring substituents is 1. The van der Waals surface area contributed by atoms with Gasteiger partial charge in [0.25, 0.3) is 5.69 Å². The molecule has 156 valence electrons. The molecule has 0 radical (unpaired) electrons. The zero-order valence-electron chi connectivity index (χ0n) is 16.8. The molecule has 29 heavy (non-hydrogen) atoms. The van der Waals surface area contributed by atoms with Gasteiger partial charge in [-0.3, -0.25) is 10.1 Å². The van der Waals surface area contributed by atoms with Crippen LogP contribution in [0, 0.1) is 24.0 Å². The predicted octanol–water partition coefficient (Wildman–Crippen LogP) is 2.87. The highest BCUT2D eigenvalue weighted by atomic mass is 32.2. The van der Waals surface area contributed by atoms with E-state index in [0.29, 0.717) is 25.4 Å². The molecule has 0 amide bonds. The lowest BCUT2D eigenvalue weighted by molar-refractivity contribution is -0.384. The Morgan fingerprint density at radius 2 is 1.83 bits per heavy atom. The van der Waals surface area contributed by atoms with Crippen LogP contribution >= 0.6 is 0 Å². The third kappa shape index (κ3) is 4.58. The molecule has 1 aliphatic heterocycles. The molecular weight excluding hydrogens is 394 g/mol. The van der Waals surface area contributed by atoms with Gasteiger partial charge in [-0.2, -0.15) is 4.31 Å². The Labute approximate surface area is 170 Å². The molecule has 0 spiro atoms. The highest BCUT2D eigenvalue weighted by molar-refractivity contribution is 7.89. The molecule has 0 aliphatic carbocycles. The Hall–Kier alpha value is -2.49. The van der Waals surface area contributed by atoms with Gasteiger partial charge in [-0.15, -0.1) is 0 Å². The highest BCUT2D eigenvalue weighted by Crippen LogP contribution is 2.32. The fourth-order valence-electron chi connectivity index (χ4n) is 3.43. The second-order valence-electron chi connectivity index (χ2n) is 7.21. The SMILES string of the molecule is Cc1ccc(CN(C)c2ccc(S(=O)(=O)N3CCOCC3)cc2[N+](=O)[O-])c(C)c1. The average molecular weight is 420 g/mol. The van der Waals surface area contributed by atoms with Gasteiger partial charge in [0.15, 0.2) is 0 Å². The number of anilines is 1. The minimum Gasteiger partial charge on any atom is -0.379 e. The number of ether oxygens (including phenoxy) is 1. The van der Waals surface area contributed by atoms with Crippen molar-refractivity contribution in [2.24, 2.45) is 0 Å². The van der Waals surface area contributed by atoms with Crippen LogP contribution in [0.3, 0.4) is 0 Å². The van der Waals surface area contributed by atoms with Crippen LogP contribution in [0.25, 0.3) is 0 Å². The summed E-state index contributed by atoms with van der Waals surface area (Å²) in [6, 6.07) is 10.2. The van der Waals surface area contributed by atoms with Crippen LogP contribution in [-0.2, 0) is 21.3 Å². The van der Waals surface area contributed by atoms with Crippen molar-refractivity contribution < 1.29 is 18.1 Å². The van der Waals surface area contributed by atoms with E-state index in [0.717, 1.165) is 22.8 Å². The van der Waals surface area contributed by atoms with E-state index in [1.54, 1.807) is 11.9 Å². The Balaban J connectivity index is 1.92. The van der Waals surface area contributed by atoms with Gasteiger partial charge in [-0.25, -0.2) is 8.42 Å². The summed E-state index contributed by atoms with van der Waals surface area (Å²) in [5.41, 5.74) is 3.45. The molecule has 2 aromatic carbocycles. The van der Waals surface area contributed by atoms with Crippen LogP contribution in [0.15, 0.2) is 41.3 Å². The van der Waals surface area contributed by atoms with Gasteiger partial charge < -0.3 is 9.64 Å². The number of benzene rings is 2. The summed E-state index contributed by atoms with van der Waals surface area (Å²) in [5.74, 6) is 0. The maximum absolute atomic E-state index is 12.8. The van der Waals surface area contributed by atoms with Crippen molar-refractivity contribution in [2.75, 3.05) is 38.3 Å². The Bertz CT molecular complexity index is 1020. The summed E-state index contributed by atoms with van der Waals surface area (Å²) >= 11 is 0. The van der Waals surface area contributed by atoms with E-state index in [1.165, 1.54) is 16.4 Å². The first-order valence-corrected chi connectivity index (χ1v) is 10.8. The fourth-order valence-corrected chi connectivity index (χ4v) is 4.86. The monoisotopic (exact) mass is 419 g/mol. The molecule has 0 atom stereocenters. The molecule has 1 fully saturated rings. The van der Waals surface area contributed by atoms with Crippen LogP contribution in [-0.4, -0.2) is 51.0 Å². The van der Waals surface area contributed by atoms with Gasteiger partial charge in [0.05, 0.1) is 23.0 Å². The average Bonchev–Trinajstić information content (AvgIpc) is 2.70. The van der Waals surface area contributed by atoms with Crippen LogP contribution in [0.5, 0.6) is 0 Å². The maximum Gasteiger partial charge on any atom is 0.293 e. The topological polar surface area (TPSA) is 93.0 Å². The highest BCUT2D eigenvalue weighted by Gasteiger charge is 2.29. The van der Waals surface area contributed by atoms with Gasteiger partial charge in [-0.05, 0) is 37.1 Å². The fraction of sp³-hybridized carbons (Fsp3) is 0.400. The largest absolute Gasteiger partial charge is 0.379 e. The molecule has 0 unspecified atom stereocenters. The summed E-state index contributed by atoms with van der Waals surface area (Å²) in [6.45, 7) is 5.61. The Morgan fingerprint density at radius 3 is 2.45 bits per heavy atom. The standard InChI is InChI=1S/C20H25N3O5S/c1-15-4-5-17(16(2)12-15)14-21(3)19-7-6-18(13-20(19)23(24)25)29(26,27)22-8-10-28-11-9-22/h4-7,12-13H,8-11,14H2,1-3H3. The molecule has 8 nitrogen and oxygen atoms in total. The number of morpholine rings is 1. The van der Waals surface area contributed by atoms with Gasteiger partial charge >= 0.3 is 0 Å². The second kappa shape index (κ2) is 8.48. The smallest absolute Gasteiger partial charge is 0.293 e. The van der Waals surface area contributed by atoms with Gasteiger partial charge in [0, 0.05) is 32.7 Å². The van der Waals surface area contributed by atoms with Crippen molar-refractivity contribution in [1.82, 2.24) is 4.31 Å². The summed E-state index contributed by atoms with van der Waals surface area (Å²) in [4.78, 5) is 12.9. The quantitative estimate of drug-likeness (QED) is 0.528. The summed E-state index contributed by atoms with van der Waals surface area (Å²) in [7, 11) is -2.04. The van der Waals surface area contributed by atoms with Crippen molar-refractivity contribution in [3.8, 4) is 0 Å². The molecule has 0 aromatic heterocycles. The van der Waals surface area contributed by atoms with Crippen molar-refractivity contribution in [3.63, 3.8) is 0 Å². The minimum absolute atomic E-state index is 0.0743. The van der Waals surface area contributed by atoms with E-state index in [4.69, 9.17) is 4.74 Å². The van der Waals surface area contributed by atoms with Crippen molar-refractivity contribution >= 4 is 21.4 Å². The first kappa shape index (κ1) is 21.2. The van der Waals surface area contributed by atoms with Crippen molar-refractivity contribution in [1.29, 1.82) is 0 Å². The minimum atomic E-state index is -3.80. The molecule has 2 aromatic rings. The third-order valence-corrected chi connectivity index (χ3v) is 6.96. The molecule has 3 rings (SSSR count). The molecule has 1 saturated heterocycles. The van der Waals surface area contributed by atoms with Crippen molar-refractivity contribution in [2.45, 2.75) is 25.3 Å². The van der Waals surface area contributed by atoms with Crippen LogP contribution in [0.1, 0.15) is 16.7 Å². The normalized spacial score (nSPS) is 15.3. The lowest BCUT2D eigenvalue weighted by atomic mass is 10.1. The van der Waals surface area contributed by atoms with Crippen LogP contribution in [0.4, 0.5) is 11.4 Å². The van der Waals surface area contributed by atoms with Crippen LogP contribution in [0.2, 0.25) is 0 Å². The first-order valence-electron chi connectivity index (χ1n) is 9.34. The zero-order chi connectivity index (χ0) is 21.2. The number of nitrogens with zero attached hydrogens (tertiary/aromatic N) is 3. The molecule has 0 N–H and O–H groups in total. The summed E-state index contributed by atoms with van der Waals surface area (Å²) in [6.07, 6.45) is 0. The summed E-state index contributed by atoms with van der Waals surface area (Å²) in [5, 5.41) is 11.7. The number of rotatable bonds is 6. The van der Waals surface area contributed by atoms with E-state index in [9.17, 15) is 18.5 Å². The summed E-state index contributed by atoms with van der Waals surface area (Å²) < 4.78 is 32.2. The zero-order valence-corrected chi connectivity index (χ0v) is 17.6. The number of hydrogen-bond donors (Lipinski definition) is 0. The predicted molar refractivity (Wildman–Crippen MR) is 111 cm³/mol. The second-order valence-corrected chi connectivity index (χ2v) is 9.15. The van der Waals surface area contributed by atoms with Crippen LogP contribution < -0.4 is 4.90 Å². The number of aryl methyl sites for hydroxylation is 2. The molecule has 9 heteroatoms. The van der Waals surface area contributed by atoms with E-state index >= 15 is 0 Å².